The molecule has 1 aliphatic heterocycles. The zero-order valence-electron chi connectivity index (χ0n) is 10.7. The molecule has 2 aromatic rings. The molecule has 0 bridgehead atoms. The second kappa shape index (κ2) is 5.34. The van der Waals surface area contributed by atoms with E-state index in [0.717, 1.165) is 11.7 Å². The van der Waals surface area contributed by atoms with Gasteiger partial charge in [0.2, 0.25) is 10.0 Å². The lowest BCUT2D eigenvalue weighted by Gasteiger charge is -2.29. The zero-order valence-corrected chi connectivity index (χ0v) is 12.3. The first kappa shape index (κ1) is 13.8. The van der Waals surface area contributed by atoms with Crippen LogP contribution in [0.4, 0.5) is 4.39 Å². The summed E-state index contributed by atoms with van der Waals surface area (Å²) in [5.74, 6) is -0.0156. The quantitative estimate of drug-likeness (QED) is 0.870. The lowest BCUT2D eigenvalue weighted by Crippen LogP contribution is -2.38. The first-order valence-electron chi connectivity index (χ1n) is 6.40. The molecule has 0 N–H and O–H groups in total. The van der Waals surface area contributed by atoms with E-state index in [1.165, 1.54) is 4.31 Å². The van der Waals surface area contributed by atoms with Gasteiger partial charge >= 0.3 is 0 Å². The number of benzene rings is 1. The molecule has 0 radical (unpaired) electrons. The van der Waals surface area contributed by atoms with Crippen molar-refractivity contribution in [3.63, 3.8) is 0 Å². The van der Waals surface area contributed by atoms with Gasteiger partial charge in [0.1, 0.15) is 15.9 Å². The number of nitrogens with zero attached hydrogens (tertiary/aromatic N) is 3. The maximum absolute atomic E-state index is 12.7. The van der Waals surface area contributed by atoms with Gasteiger partial charge in [-0.2, -0.15) is 13.1 Å². The van der Waals surface area contributed by atoms with E-state index < -0.39 is 10.0 Å². The van der Waals surface area contributed by atoms with Crippen molar-refractivity contribution < 1.29 is 12.8 Å². The summed E-state index contributed by atoms with van der Waals surface area (Å²) >= 11 is 1.00. The number of aromatic nitrogens is 2. The second-order valence-corrected chi connectivity index (χ2v) is 7.32. The van der Waals surface area contributed by atoms with E-state index in [-0.39, 0.29) is 17.5 Å². The van der Waals surface area contributed by atoms with Crippen molar-refractivity contribution in [2.24, 2.45) is 5.92 Å². The van der Waals surface area contributed by atoms with Crippen LogP contribution in [0.25, 0.3) is 11.0 Å². The average Bonchev–Trinajstić information content (AvgIpc) is 2.95. The van der Waals surface area contributed by atoms with Gasteiger partial charge < -0.3 is 0 Å². The van der Waals surface area contributed by atoms with Crippen LogP contribution in [-0.4, -0.2) is 41.2 Å². The number of halogens is 1. The molecule has 1 aliphatic rings. The molecular formula is C12H14FN3O2S2. The Bertz CT molecular complexity index is 708. The predicted octanol–water partition coefficient (Wildman–Crippen LogP) is 2.06. The summed E-state index contributed by atoms with van der Waals surface area (Å²) in [4.78, 5) is 0.197. The zero-order chi connectivity index (χ0) is 14.2. The fraction of sp³-hybridized carbons (Fsp3) is 0.500. The highest BCUT2D eigenvalue weighted by Gasteiger charge is 2.31. The fourth-order valence-electron chi connectivity index (χ4n) is 2.43. The molecule has 5 nitrogen and oxygen atoms in total. The Hall–Kier alpha value is -1.12. The number of piperidine rings is 1. The topological polar surface area (TPSA) is 63.2 Å². The molecule has 1 aromatic carbocycles. The summed E-state index contributed by atoms with van der Waals surface area (Å²) in [6.07, 6.45) is 1.14. The molecule has 0 atom stereocenters. The van der Waals surface area contributed by atoms with Crippen LogP contribution < -0.4 is 0 Å². The van der Waals surface area contributed by atoms with Gasteiger partial charge in [-0.15, -0.1) is 0 Å². The average molecular weight is 315 g/mol. The van der Waals surface area contributed by atoms with Crippen LogP contribution in [0.5, 0.6) is 0 Å². The Balaban J connectivity index is 1.94. The third kappa shape index (κ3) is 2.32. The monoisotopic (exact) mass is 315 g/mol. The molecule has 20 heavy (non-hydrogen) atoms. The largest absolute Gasteiger partial charge is 0.251 e. The van der Waals surface area contributed by atoms with Crippen LogP contribution >= 0.6 is 11.7 Å². The fourth-order valence-corrected chi connectivity index (χ4v) is 4.65. The summed E-state index contributed by atoms with van der Waals surface area (Å²) in [6, 6.07) is 4.97. The maximum Gasteiger partial charge on any atom is 0.245 e. The van der Waals surface area contributed by atoms with Crippen molar-refractivity contribution in [1.29, 1.82) is 0 Å². The minimum absolute atomic E-state index is 0.0156. The Labute approximate surface area is 120 Å². The Morgan fingerprint density at radius 1 is 1.30 bits per heavy atom. The van der Waals surface area contributed by atoms with Crippen molar-refractivity contribution in [2.45, 2.75) is 17.7 Å². The van der Waals surface area contributed by atoms with Crippen molar-refractivity contribution in [2.75, 3.05) is 19.8 Å². The van der Waals surface area contributed by atoms with Crippen LogP contribution in [0.1, 0.15) is 12.8 Å². The maximum atomic E-state index is 12.7. The van der Waals surface area contributed by atoms with Crippen LogP contribution in [0.2, 0.25) is 0 Å². The van der Waals surface area contributed by atoms with Gasteiger partial charge in [0, 0.05) is 13.1 Å². The second-order valence-electron chi connectivity index (χ2n) is 4.89. The van der Waals surface area contributed by atoms with Crippen LogP contribution in [0, 0.1) is 5.92 Å². The van der Waals surface area contributed by atoms with E-state index in [1.54, 1.807) is 18.2 Å². The highest BCUT2D eigenvalue weighted by Crippen LogP contribution is 2.27. The van der Waals surface area contributed by atoms with Crippen molar-refractivity contribution >= 4 is 32.8 Å². The summed E-state index contributed by atoms with van der Waals surface area (Å²) in [5.41, 5.74) is 1.01. The molecule has 108 valence electrons. The van der Waals surface area contributed by atoms with Gasteiger partial charge in [-0.1, -0.05) is 6.07 Å². The van der Waals surface area contributed by atoms with E-state index in [1.807, 2.05) is 0 Å². The molecule has 0 amide bonds. The van der Waals surface area contributed by atoms with E-state index >= 15 is 0 Å². The molecule has 2 heterocycles. The third-order valence-electron chi connectivity index (χ3n) is 3.66. The summed E-state index contributed by atoms with van der Waals surface area (Å²) in [7, 11) is -3.58. The first-order chi connectivity index (χ1) is 9.63. The van der Waals surface area contributed by atoms with Crippen LogP contribution in [0.3, 0.4) is 0 Å². The molecule has 0 spiro atoms. The molecule has 1 fully saturated rings. The molecule has 1 saturated heterocycles. The molecule has 0 unspecified atom stereocenters. The van der Waals surface area contributed by atoms with E-state index in [4.69, 9.17) is 0 Å². The molecule has 0 aliphatic carbocycles. The molecular weight excluding hydrogens is 301 g/mol. The standard InChI is InChI=1S/C12H14FN3O2S2/c13-8-9-4-6-16(7-5-9)20(17,18)11-3-1-2-10-12(11)15-19-14-10/h1-3,9H,4-8H2. The smallest absolute Gasteiger partial charge is 0.245 e. The summed E-state index contributed by atoms with van der Waals surface area (Å²) in [5, 5.41) is 0. The number of alkyl halides is 1. The molecule has 1 aromatic heterocycles. The van der Waals surface area contributed by atoms with Crippen molar-refractivity contribution in [3.8, 4) is 0 Å². The first-order valence-corrected chi connectivity index (χ1v) is 8.57. The molecule has 0 saturated carbocycles. The van der Waals surface area contributed by atoms with Crippen molar-refractivity contribution in [1.82, 2.24) is 13.1 Å². The molecule has 3 rings (SSSR count). The Morgan fingerprint density at radius 2 is 2.05 bits per heavy atom. The highest BCUT2D eigenvalue weighted by atomic mass is 32.2. The normalized spacial score (nSPS) is 18.6. The van der Waals surface area contributed by atoms with Gasteiger partial charge in [-0.05, 0) is 30.9 Å². The predicted molar refractivity (Wildman–Crippen MR) is 74.9 cm³/mol. The third-order valence-corrected chi connectivity index (χ3v) is 6.13. The minimum atomic E-state index is -3.58. The molecule has 8 heteroatoms. The van der Waals surface area contributed by atoms with Gasteiger partial charge in [-0.3, -0.25) is 4.39 Å². The van der Waals surface area contributed by atoms with Crippen LogP contribution in [-0.2, 0) is 10.0 Å². The number of sulfonamides is 1. The number of hydrogen-bond acceptors (Lipinski definition) is 5. The number of fused-ring (bicyclic) bond motifs is 1. The lowest BCUT2D eigenvalue weighted by atomic mass is 10.0. The number of rotatable bonds is 3. The number of hydrogen-bond donors (Lipinski definition) is 0. The van der Waals surface area contributed by atoms with Gasteiger partial charge in [0.25, 0.3) is 0 Å². The SMILES string of the molecule is O=S(=O)(c1cccc2nsnc12)N1CCC(CF)CC1. The van der Waals surface area contributed by atoms with Crippen molar-refractivity contribution in [3.05, 3.63) is 18.2 Å². The highest BCUT2D eigenvalue weighted by molar-refractivity contribution is 7.89. The van der Waals surface area contributed by atoms with Gasteiger partial charge in [-0.25, -0.2) is 8.42 Å². The lowest BCUT2D eigenvalue weighted by molar-refractivity contribution is 0.233. The summed E-state index contributed by atoms with van der Waals surface area (Å²) in [6.45, 7) is 0.356. The Morgan fingerprint density at radius 3 is 2.75 bits per heavy atom. The van der Waals surface area contributed by atoms with E-state index in [9.17, 15) is 12.8 Å². The van der Waals surface area contributed by atoms with E-state index in [2.05, 4.69) is 8.75 Å². The Kier molecular flexibility index (Phi) is 3.70. The van der Waals surface area contributed by atoms with Crippen LogP contribution in [0.15, 0.2) is 23.1 Å². The van der Waals surface area contributed by atoms with Gasteiger partial charge in [0.05, 0.1) is 18.4 Å². The summed E-state index contributed by atoms with van der Waals surface area (Å²) < 4.78 is 47.5. The minimum Gasteiger partial charge on any atom is -0.251 e. The van der Waals surface area contributed by atoms with E-state index in [0.29, 0.717) is 37.0 Å². The van der Waals surface area contributed by atoms with Gasteiger partial charge in [0.15, 0.2) is 0 Å².